The van der Waals surface area contributed by atoms with E-state index >= 15 is 0 Å². The molecule has 0 radical (unpaired) electrons. The third-order valence-electron chi connectivity index (χ3n) is 1.48. The smallest absolute Gasteiger partial charge is 0.156 e. The molecule has 1 rings (SSSR count). The Labute approximate surface area is 98.4 Å². The molecule has 0 atom stereocenters. The number of rotatable bonds is 2. The van der Waals surface area contributed by atoms with E-state index in [4.69, 9.17) is 27.9 Å². The Morgan fingerprint density at radius 3 is 2.47 bits per heavy atom. The molecule has 1 aromatic heterocycles. The lowest BCUT2D eigenvalue weighted by atomic mass is 10.2. The minimum absolute atomic E-state index is 0.0525. The van der Waals surface area contributed by atoms with Crippen molar-refractivity contribution in [1.82, 2.24) is 4.98 Å². The van der Waals surface area contributed by atoms with E-state index in [1.807, 2.05) is 20.8 Å². The first-order valence-corrected chi connectivity index (χ1v) is 5.09. The van der Waals surface area contributed by atoms with Gasteiger partial charge >= 0.3 is 0 Å². The number of halogens is 2. The monoisotopic (exact) mass is 247 g/mol. The number of nitrogens with zero attached hydrogens (tertiary/aromatic N) is 1. The van der Waals surface area contributed by atoms with Crippen LogP contribution in [0.1, 0.15) is 31.1 Å². The highest BCUT2D eigenvalue weighted by Gasteiger charge is 2.17. The van der Waals surface area contributed by atoms with Gasteiger partial charge in [0.15, 0.2) is 6.29 Å². The van der Waals surface area contributed by atoms with E-state index in [-0.39, 0.29) is 15.9 Å². The number of carbonyl (C=O) groups is 1. The molecule has 1 aromatic rings. The van der Waals surface area contributed by atoms with Gasteiger partial charge in [-0.2, -0.15) is 0 Å². The molecule has 0 bridgehead atoms. The summed E-state index contributed by atoms with van der Waals surface area (Å²) in [5, 5.41) is 0.251. The van der Waals surface area contributed by atoms with Crippen LogP contribution in [0.5, 0.6) is 5.75 Å². The van der Waals surface area contributed by atoms with Crippen molar-refractivity contribution < 1.29 is 9.53 Å². The predicted octanol–water partition coefficient (Wildman–Crippen LogP) is 3.38. The summed E-state index contributed by atoms with van der Waals surface area (Å²) < 4.78 is 5.55. The van der Waals surface area contributed by atoms with Gasteiger partial charge in [0.1, 0.15) is 21.7 Å². The van der Waals surface area contributed by atoms with E-state index in [9.17, 15) is 4.79 Å². The van der Waals surface area contributed by atoms with Gasteiger partial charge in [0.2, 0.25) is 0 Å². The predicted molar refractivity (Wildman–Crippen MR) is 60.0 cm³/mol. The fraction of sp³-hybridized carbons (Fsp3) is 0.400. The van der Waals surface area contributed by atoms with Gasteiger partial charge in [0, 0.05) is 6.07 Å². The van der Waals surface area contributed by atoms with Gasteiger partial charge in [-0.25, -0.2) is 4.98 Å². The van der Waals surface area contributed by atoms with E-state index in [0.717, 1.165) is 0 Å². The van der Waals surface area contributed by atoms with Gasteiger partial charge < -0.3 is 4.74 Å². The van der Waals surface area contributed by atoms with Crippen molar-refractivity contribution in [3.8, 4) is 5.75 Å². The van der Waals surface area contributed by atoms with Crippen molar-refractivity contribution in [2.24, 2.45) is 0 Å². The van der Waals surface area contributed by atoms with Gasteiger partial charge in [0.25, 0.3) is 0 Å². The number of ether oxygens (including phenoxy) is 1. The van der Waals surface area contributed by atoms with Crippen LogP contribution in [0.25, 0.3) is 0 Å². The maximum Gasteiger partial charge on any atom is 0.156 e. The Morgan fingerprint density at radius 1 is 1.40 bits per heavy atom. The molecular formula is C10H11Cl2NO2. The molecule has 0 spiro atoms. The van der Waals surface area contributed by atoms with E-state index in [1.54, 1.807) is 0 Å². The minimum atomic E-state index is -0.425. The molecule has 3 nitrogen and oxygen atoms in total. The first-order valence-electron chi connectivity index (χ1n) is 4.34. The Hall–Kier alpha value is -0.800. The number of aldehydes is 1. The van der Waals surface area contributed by atoms with Gasteiger partial charge in [-0.1, -0.05) is 23.2 Å². The number of aromatic nitrogens is 1. The van der Waals surface area contributed by atoms with Crippen molar-refractivity contribution in [3.05, 3.63) is 21.9 Å². The van der Waals surface area contributed by atoms with Crippen LogP contribution in [-0.4, -0.2) is 16.9 Å². The number of carbonyl (C=O) groups excluding carboxylic acids is 1. The van der Waals surface area contributed by atoms with E-state index < -0.39 is 5.60 Å². The zero-order valence-electron chi connectivity index (χ0n) is 8.67. The van der Waals surface area contributed by atoms with Gasteiger partial charge in [0.05, 0.1) is 5.56 Å². The topological polar surface area (TPSA) is 39.2 Å². The maximum absolute atomic E-state index is 10.8. The molecule has 0 saturated heterocycles. The van der Waals surface area contributed by atoms with Gasteiger partial charge in [-0.15, -0.1) is 0 Å². The van der Waals surface area contributed by atoms with Crippen molar-refractivity contribution in [2.75, 3.05) is 0 Å². The Kier molecular flexibility index (Phi) is 3.58. The molecule has 0 amide bonds. The first-order chi connectivity index (χ1) is 6.83. The highest BCUT2D eigenvalue weighted by atomic mass is 35.5. The summed E-state index contributed by atoms with van der Waals surface area (Å²) in [6.45, 7) is 5.59. The summed E-state index contributed by atoms with van der Waals surface area (Å²) in [7, 11) is 0. The molecule has 5 heteroatoms. The largest absolute Gasteiger partial charge is 0.487 e. The summed E-state index contributed by atoms with van der Waals surface area (Å²) in [5.41, 5.74) is -0.206. The van der Waals surface area contributed by atoms with Crippen molar-refractivity contribution in [3.63, 3.8) is 0 Å². The summed E-state index contributed by atoms with van der Waals surface area (Å²) in [6.07, 6.45) is 0.604. The van der Waals surface area contributed by atoms with Crippen molar-refractivity contribution in [2.45, 2.75) is 26.4 Å². The minimum Gasteiger partial charge on any atom is -0.487 e. The van der Waals surface area contributed by atoms with Crippen LogP contribution in [0.4, 0.5) is 0 Å². The Morgan fingerprint density at radius 2 is 2.00 bits per heavy atom. The fourth-order valence-electron chi connectivity index (χ4n) is 0.995. The number of hydrogen-bond acceptors (Lipinski definition) is 3. The van der Waals surface area contributed by atoms with Crippen LogP contribution in [0.2, 0.25) is 10.3 Å². The molecule has 0 aliphatic heterocycles. The Balaban J connectivity index is 3.21. The molecule has 0 aliphatic carbocycles. The lowest BCUT2D eigenvalue weighted by Gasteiger charge is -2.22. The summed E-state index contributed by atoms with van der Waals surface area (Å²) in [4.78, 5) is 14.6. The molecule has 0 N–H and O–H groups in total. The number of pyridine rings is 1. The van der Waals surface area contributed by atoms with Gasteiger partial charge in [-0.3, -0.25) is 4.79 Å². The van der Waals surface area contributed by atoms with Gasteiger partial charge in [-0.05, 0) is 20.8 Å². The third-order valence-corrected chi connectivity index (χ3v) is 1.96. The average molecular weight is 248 g/mol. The summed E-state index contributed by atoms with van der Waals surface area (Å²) in [6, 6.07) is 1.47. The van der Waals surface area contributed by atoms with Crippen LogP contribution >= 0.6 is 23.2 Å². The normalized spacial score (nSPS) is 11.3. The van der Waals surface area contributed by atoms with E-state index in [0.29, 0.717) is 12.0 Å². The third kappa shape index (κ3) is 3.36. The molecule has 0 unspecified atom stereocenters. The van der Waals surface area contributed by atoms with Crippen molar-refractivity contribution in [1.29, 1.82) is 0 Å². The quantitative estimate of drug-likeness (QED) is 0.594. The second kappa shape index (κ2) is 4.37. The highest BCUT2D eigenvalue weighted by molar-refractivity contribution is 6.34. The first kappa shape index (κ1) is 12.3. The summed E-state index contributed by atoms with van der Waals surface area (Å²) >= 11 is 11.5. The lowest BCUT2D eigenvalue weighted by molar-refractivity contribution is 0.109. The fourth-order valence-corrected chi connectivity index (χ4v) is 1.45. The molecule has 1 heterocycles. The van der Waals surface area contributed by atoms with E-state index in [2.05, 4.69) is 4.98 Å². The molecule has 0 saturated carbocycles. The molecular weight excluding hydrogens is 237 g/mol. The standard InChI is InChI=1S/C10H11Cl2NO2/c1-10(2,3)15-7-4-8(11)13-9(12)6(7)5-14/h4-5H,1-3H3. The van der Waals surface area contributed by atoms with Crippen molar-refractivity contribution >= 4 is 29.5 Å². The zero-order valence-corrected chi connectivity index (χ0v) is 10.2. The maximum atomic E-state index is 10.8. The molecule has 0 fully saturated rings. The molecule has 82 valence electrons. The zero-order chi connectivity index (χ0) is 11.6. The van der Waals surface area contributed by atoms with Crippen LogP contribution in [-0.2, 0) is 0 Å². The molecule has 0 aromatic carbocycles. The average Bonchev–Trinajstić information content (AvgIpc) is 1.99. The summed E-state index contributed by atoms with van der Waals surface area (Å²) in [5.74, 6) is 0.350. The SMILES string of the molecule is CC(C)(C)Oc1cc(Cl)nc(Cl)c1C=O. The van der Waals surface area contributed by atoms with E-state index in [1.165, 1.54) is 6.07 Å². The van der Waals surface area contributed by atoms with Crippen LogP contribution < -0.4 is 4.74 Å². The lowest BCUT2D eigenvalue weighted by Crippen LogP contribution is -2.23. The van der Waals surface area contributed by atoms with Crippen LogP contribution in [0.15, 0.2) is 6.07 Å². The number of hydrogen-bond donors (Lipinski definition) is 0. The second-order valence-electron chi connectivity index (χ2n) is 3.98. The Bertz CT molecular complexity index is 386. The molecule has 0 aliphatic rings. The molecule has 15 heavy (non-hydrogen) atoms. The second-order valence-corrected chi connectivity index (χ2v) is 4.73. The van der Waals surface area contributed by atoms with Crippen LogP contribution in [0.3, 0.4) is 0 Å². The van der Waals surface area contributed by atoms with Crippen LogP contribution in [0, 0.1) is 0 Å². The highest BCUT2D eigenvalue weighted by Crippen LogP contribution is 2.29.